The number of methoxy groups -OCH3 is 1. The van der Waals surface area contributed by atoms with E-state index in [1.165, 1.54) is 30.9 Å². The van der Waals surface area contributed by atoms with E-state index in [0.29, 0.717) is 38.2 Å². The number of carbonyl (C=O) groups is 2. The Bertz CT molecular complexity index is 1050. The summed E-state index contributed by atoms with van der Waals surface area (Å²) in [6, 6.07) is 19.7. The highest BCUT2D eigenvalue weighted by Crippen LogP contribution is 2.29. The zero-order valence-electron chi connectivity index (χ0n) is 16.1. The Kier molecular flexibility index (Phi) is 7.65. The molecule has 0 aromatic heterocycles. The molecular formula is C23H18Br2O5. The summed E-state index contributed by atoms with van der Waals surface area (Å²) in [6.45, 7) is 0.520. The van der Waals surface area contributed by atoms with Crippen molar-refractivity contribution >= 4 is 43.8 Å². The summed E-state index contributed by atoms with van der Waals surface area (Å²) in [5, 5.41) is 0. The lowest BCUT2D eigenvalue weighted by Crippen LogP contribution is -2.10. The quantitative estimate of drug-likeness (QED) is 0.282. The molecule has 0 aliphatic heterocycles. The molecule has 0 spiro atoms. The van der Waals surface area contributed by atoms with E-state index < -0.39 is 11.9 Å². The Hall–Kier alpha value is -2.64. The molecule has 7 heteroatoms. The van der Waals surface area contributed by atoms with Crippen LogP contribution in [-0.4, -0.2) is 25.7 Å². The van der Waals surface area contributed by atoms with Crippen LogP contribution >= 0.6 is 31.9 Å². The van der Waals surface area contributed by atoms with Crippen molar-refractivity contribution in [1.29, 1.82) is 0 Å². The maximum absolute atomic E-state index is 12.5. The van der Waals surface area contributed by atoms with Crippen LogP contribution in [0.2, 0.25) is 0 Å². The molecule has 0 saturated heterocycles. The van der Waals surface area contributed by atoms with Crippen LogP contribution in [-0.2, 0) is 11.2 Å². The van der Waals surface area contributed by atoms with Gasteiger partial charge in [-0.15, -0.1) is 0 Å². The molecule has 0 fully saturated rings. The lowest BCUT2D eigenvalue weighted by molar-refractivity contribution is 0.0600. The van der Waals surface area contributed by atoms with Crippen LogP contribution in [0.5, 0.6) is 11.5 Å². The number of rotatable bonds is 7. The van der Waals surface area contributed by atoms with Gasteiger partial charge in [0.05, 0.1) is 33.8 Å². The number of hydrogen-bond acceptors (Lipinski definition) is 5. The van der Waals surface area contributed by atoms with Crippen LogP contribution in [0, 0.1) is 0 Å². The van der Waals surface area contributed by atoms with E-state index in [2.05, 4.69) is 36.6 Å². The summed E-state index contributed by atoms with van der Waals surface area (Å²) in [5.41, 5.74) is 1.91. The number of hydrogen-bond donors (Lipinski definition) is 0. The molecule has 154 valence electrons. The van der Waals surface area contributed by atoms with Gasteiger partial charge < -0.3 is 14.2 Å². The third kappa shape index (κ3) is 5.70. The Morgan fingerprint density at radius 2 is 1.40 bits per heavy atom. The topological polar surface area (TPSA) is 61.8 Å². The normalized spacial score (nSPS) is 10.4. The summed E-state index contributed by atoms with van der Waals surface area (Å²) >= 11 is 6.75. The molecule has 0 N–H and O–H groups in total. The average molecular weight is 534 g/mol. The molecule has 30 heavy (non-hydrogen) atoms. The summed E-state index contributed by atoms with van der Waals surface area (Å²) in [4.78, 5) is 24.1. The van der Waals surface area contributed by atoms with Gasteiger partial charge in [0, 0.05) is 6.42 Å². The van der Waals surface area contributed by atoms with Gasteiger partial charge in [-0.2, -0.15) is 0 Å². The van der Waals surface area contributed by atoms with Gasteiger partial charge in [0.15, 0.2) is 0 Å². The van der Waals surface area contributed by atoms with Gasteiger partial charge in [0.2, 0.25) is 0 Å². The molecule has 0 aliphatic rings. The van der Waals surface area contributed by atoms with Crippen LogP contribution in [0.3, 0.4) is 0 Å². The molecular weight excluding hydrogens is 516 g/mol. The number of benzene rings is 3. The maximum atomic E-state index is 12.5. The van der Waals surface area contributed by atoms with Crippen LogP contribution in [0.4, 0.5) is 0 Å². The molecule has 0 saturated carbocycles. The van der Waals surface area contributed by atoms with Crippen molar-refractivity contribution < 1.29 is 23.8 Å². The first-order valence-electron chi connectivity index (χ1n) is 9.04. The van der Waals surface area contributed by atoms with Crippen molar-refractivity contribution in [2.24, 2.45) is 0 Å². The summed E-state index contributed by atoms with van der Waals surface area (Å²) < 4.78 is 17.0. The van der Waals surface area contributed by atoms with Crippen LogP contribution in [0.15, 0.2) is 75.7 Å². The Labute approximate surface area is 191 Å². The maximum Gasteiger partial charge on any atom is 0.343 e. The first-order chi connectivity index (χ1) is 14.5. The summed E-state index contributed by atoms with van der Waals surface area (Å²) in [7, 11) is 1.30. The zero-order chi connectivity index (χ0) is 21.5. The third-order valence-electron chi connectivity index (χ3n) is 4.21. The van der Waals surface area contributed by atoms with Crippen molar-refractivity contribution in [3.8, 4) is 11.5 Å². The Balaban J connectivity index is 1.63. The minimum Gasteiger partial charge on any atom is -0.492 e. The molecule has 0 heterocycles. The highest BCUT2D eigenvalue weighted by molar-refractivity contribution is 9.10. The van der Waals surface area contributed by atoms with Crippen LogP contribution in [0.25, 0.3) is 0 Å². The van der Waals surface area contributed by atoms with Gasteiger partial charge in [-0.25, -0.2) is 9.59 Å². The molecule has 3 rings (SSSR count). The first-order valence-corrected chi connectivity index (χ1v) is 10.6. The average Bonchev–Trinajstić information content (AvgIpc) is 2.76. The highest BCUT2D eigenvalue weighted by Gasteiger charge is 2.15. The third-order valence-corrected chi connectivity index (χ3v) is 5.45. The van der Waals surface area contributed by atoms with Gasteiger partial charge in [0.25, 0.3) is 0 Å². The molecule has 0 aliphatic carbocycles. The Morgan fingerprint density at radius 1 is 0.800 bits per heavy atom. The zero-order valence-corrected chi connectivity index (χ0v) is 19.2. The van der Waals surface area contributed by atoms with E-state index in [-0.39, 0.29) is 0 Å². The molecule has 0 unspecified atom stereocenters. The molecule has 0 amide bonds. The summed E-state index contributed by atoms with van der Waals surface area (Å²) in [6.07, 6.45) is 0.784. The monoisotopic (exact) mass is 532 g/mol. The fourth-order valence-corrected chi connectivity index (χ4v) is 3.61. The fraction of sp³-hybridized carbons (Fsp3) is 0.130. The largest absolute Gasteiger partial charge is 0.492 e. The van der Waals surface area contributed by atoms with Gasteiger partial charge in [0.1, 0.15) is 11.5 Å². The molecule has 0 radical (unpaired) electrons. The number of esters is 2. The van der Waals surface area contributed by atoms with Crippen molar-refractivity contribution in [2.75, 3.05) is 13.7 Å². The lowest BCUT2D eigenvalue weighted by atomic mass is 10.2. The van der Waals surface area contributed by atoms with Gasteiger partial charge in [-0.05, 0) is 73.8 Å². The highest BCUT2D eigenvalue weighted by atomic mass is 79.9. The minimum atomic E-state index is -0.530. The van der Waals surface area contributed by atoms with Crippen LogP contribution in [0.1, 0.15) is 26.3 Å². The van der Waals surface area contributed by atoms with Crippen molar-refractivity contribution in [2.45, 2.75) is 6.42 Å². The standard InChI is InChI=1S/C23H18Br2O5/c1-28-22(26)16-8-10-21(19(25)13-16)30-23(27)17-7-9-20(18(24)14-17)29-12-11-15-5-3-2-4-6-15/h2-10,13-14H,11-12H2,1H3. The van der Waals surface area contributed by atoms with Crippen LogP contribution < -0.4 is 9.47 Å². The van der Waals surface area contributed by atoms with Gasteiger partial charge in [-0.3, -0.25) is 0 Å². The van der Waals surface area contributed by atoms with Crippen molar-refractivity contribution in [3.63, 3.8) is 0 Å². The van der Waals surface area contributed by atoms with Gasteiger partial charge in [-0.1, -0.05) is 30.3 Å². The molecule has 5 nitrogen and oxygen atoms in total. The summed E-state index contributed by atoms with van der Waals surface area (Å²) in [5.74, 6) is -0.0588. The predicted molar refractivity (Wildman–Crippen MR) is 120 cm³/mol. The lowest BCUT2D eigenvalue weighted by Gasteiger charge is -2.11. The van der Waals surface area contributed by atoms with E-state index in [1.807, 2.05) is 30.3 Å². The SMILES string of the molecule is COC(=O)c1ccc(OC(=O)c2ccc(OCCc3ccccc3)c(Br)c2)c(Br)c1. The van der Waals surface area contributed by atoms with E-state index in [4.69, 9.17) is 9.47 Å². The van der Waals surface area contributed by atoms with Crippen molar-refractivity contribution in [1.82, 2.24) is 0 Å². The van der Waals surface area contributed by atoms with E-state index >= 15 is 0 Å². The number of halogens is 2. The Morgan fingerprint density at radius 3 is 2.00 bits per heavy atom. The predicted octanol–water partition coefficient (Wildman–Crippen LogP) is 5.84. The van der Waals surface area contributed by atoms with E-state index in [1.54, 1.807) is 18.2 Å². The first kappa shape index (κ1) is 22.1. The minimum absolute atomic E-state index is 0.298. The van der Waals surface area contributed by atoms with Crippen molar-refractivity contribution in [3.05, 3.63) is 92.4 Å². The number of carbonyl (C=O) groups excluding carboxylic acids is 2. The molecule has 0 bridgehead atoms. The fourth-order valence-electron chi connectivity index (χ4n) is 2.66. The second-order valence-corrected chi connectivity index (χ2v) is 7.96. The second kappa shape index (κ2) is 10.4. The second-order valence-electron chi connectivity index (χ2n) is 6.26. The van der Waals surface area contributed by atoms with Gasteiger partial charge >= 0.3 is 11.9 Å². The smallest absolute Gasteiger partial charge is 0.343 e. The van der Waals surface area contributed by atoms with E-state index in [9.17, 15) is 9.59 Å². The number of ether oxygens (including phenoxy) is 3. The molecule has 0 atom stereocenters. The van der Waals surface area contributed by atoms with E-state index in [0.717, 1.165) is 6.42 Å². The molecule has 3 aromatic rings. The molecule has 3 aromatic carbocycles.